The number of carbonyl (C=O) groups excluding carboxylic acids is 1. The summed E-state index contributed by atoms with van der Waals surface area (Å²) in [5.41, 5.74) is 11.9. The summed E-state index contributed by atoms with van der Waals surface area (Å²) in [6.45, 7) is 11.3. The highest BCUT2D eigenvalue weighted by molar-refractivity contribution is 6.83. The Balaban J connectivity index is 1.26. The third-order valence-corrected chi connectivity index (χ3v) is 8.46. The van der Waals surface area contributed by atoms with Gasteiger partial charge in [-0.1, -0.05) is 74.1 Å². The number of carbonyl (C=O) groups is 2. The van der Waals surface area contributed by atoms with E-state index in [-0.39, 0.29) is 18.4 Å². The van der Waals surface area contributed by atoms with Crippen LogP contribution in [0.1, 0.15) is 33.7 Å². The van der Waals surface area contributed by atoms with Gasteiger partial charge in [0.1, 0.15) is 14.7 Å². The summed E-state index contributed by atoms with van der Waals surface area (Å²) in [7, 11) is -1.60. The highest BCUT2D eigenvalue weighted by Crippen LogP contribution is 2.44. The van der Waals surface area contributed by atoms with Crippen molar-refractivity contribution in [1.82, 2.24) is 4.90 Å². The molecule has 3 aromatic carbocycles. The summed E-state index contributed by atoms with van der Waals surface area (Å²) in [4.78, 5) is 28.6. The number of piperazine rings is 1. The molecule has 40 heavy (non-hydrogen) atoms. The van der Waals surface area contributed by atoms with Crippen molar-refractivity contribution in [3.05, 3.63) is 88.5 Å². The Hall–Kier alpha value is -4.02. The number of nitrogens with zero attached hydrogens (tertiary/aromatic N) is 2. The largest absolute Gasteiger partial charge is 0.481 e. The quantitative estimate of drug-likeness (QED) is 0.314. The first-order valence-electron chi connectivity index (χ1n) is 13.8. The van der Waals surface area contributed by atoms with Crippen LogP contribution in [0.5, 0.6) is 0 Å². The molecule has 1 aliphatic heterocycles. The average Bonchev–Trinajstić information content (AvgIpc) is 3.25. The average molecular weight is 553 g/mol. The van der Waals surface area contributed by atoms with Crippen molar-refractivity contribution >= 4 is 25.8 Å². The molecule has 2 aliphatic rings. The molecule has 3 aromatic rings. The van der Waals surface area contributed by atoms with Crippen molar-refractivity contribution in [2.45, 2.75) is 38.9 Å². The number of anilines is 1. The van der Waals surface area contributed by atoms with Gasteiger partial charge < -0.3 is 19.6 Å². The van der Waals surface area contributed by atoms with E-state index in [1.54, 1.807) is 4.90 Å². The lowest BCUT2D eigenvalue weighted by atomic mass is 9.98. The van der Waals surface area contributed by atoms with E-state index in [0.717, 1.165) is 22.4 Å². The van der Waals surface area contributed by atoms with Gasteiger partial charge in [0, 0.05) is 43.3 Å². The van der Waals surface area contributed by atoms with Gasteiger partial charge in [-0.15, -0.1) is 5.54 Å². The predicted octanol–water partition coefficient (Wildman–Crippen LogP) is 5.92. The van der Waals surface area contributed by atoms with E-state index in [9.17, 15) is 14.7 Å². The summed E-state index contributed by atoms with van der Waals surface area (Å²) < 4.78 is 5.88. The molecule has 0 atom stereocenters. The lowest BCUT2D eigenvalue weighted by Crippen LogP contribution is -2.49. The Morgan fingerprint density at radius 3 is 2.12 bits per heavy atom. The van der Waals surface area contributed by atoms with Gasteiger partial charge in [-0.05, 0) is 52.4 Å². The zero-order chi connectivity index (χ0) is 28.4. The highest BCUT2D eigenvalue weighted by atomic mass is 28.3. The van der Waals surface area contributed by atoms with Crippen molar-refractivity contribution in [2.75, 3.05) is 37.7 Å². The minimum absolute atomic E-state index is 0.0351. The molecule has 1 heterocycles. The van der Waals surface area contributed by atoms with Crippen LogP contribution in [-0.2, 0) is 16.0 Å². The van der Waals surface area contributed by atoms with Crippen LogP contribution >= 0.6 is 0 Å². The van der Waals surface area contributed by atoms with Gasteiger partial charge in [0.25, 0.3) is 0 Å². The molecule has 0 aromatic heterocycles. The third kappa shape index (κ3) is 5.92. The molecule has 0 saturated carbocycles. The number of aliphatic carboxylic acids is 1. The Bertz CT molecular complexity index is 1460. The van der Waals surface area contributed by atoms with Gasteiger partial charge in [0.15, 0.2) is 0 Å². The molecule has 1 saturated heterocycles. The molecule has 6 nitrogen and oxygen atoms in total. The topological polar surface area (TPSA) is 70.1 Å². The van der Waals surface area contributed by atoms with Gasteiger partial charge in [-0.25, -0.2) is 4.79 Å². The number of benzene rings is 3. The maximum atomic E-state index is 13.1. The second-order valence-corrected chi connectivity index (χ2v) is 16.4. The van der Waals surface area contributed by atoms with E-state index >= 15 is 0 Å². The number of ether oxygens (including phenoxy) is 1. The molecular weight excluding hydrogens is 516 g/mol. The van der Waals surface area contributed by atoms with E-state index in [1.165, 1.54) is 22.3 Å². The third-order valence-electron chi connectivity index (χ3n) is 7.58. The summed E-state index contributed by atoms with van der Waals surface area (Å²) in [5, 5.41) is 9.42. The molecule has 206 valence electrons. The van der Waals surface area contributed by atoms with E-state index in [1.807, 2.05) is 43.3 Å². The molecule has 7 heteroatoms. The fourth-order valence-corrected chi connectivity index (χ4v) is 6.07. The number of carboxylic acid groups (broad SMARTS) is 1. The number of amides is 1. The van der Waals surface area contributed by atoms with Gasteiger partial charge in [0.2, 0.25) is 0 Å². The van der Waals surface area contributed by atoms with Crippen molar-refractivity contribution in [2.24, 2.45) is 0 Å². The Morgan fingerprint density at radius 2 is 1.55 bits per heavy atom. The van der Waals surface area contributed by atoms with E-state index in [0.29, 0.717) is 32.8 Å². The number of hydrogen-bond donors (Lipinski definition) is 1. The molecule has 1 aliphatic carbocycles. The smallest absolute Gasteiger partial charge is 0.409 e. The molecule has 1 amide bonds. The van der Waals surface area contributed by atoms with Gasteiger partial charge in [-0.3, -0.25) is 4.79 Å². The fraction of sp³-hybridized carbons (Fsp3) is 0.333. The normalized spacial score (nSPS) is 14.7. The van der Waals surface area contributed by atoms with Crippen LogP contribution in [-0.4, -0.2) is 62.9 Å². The number of fused-ring (bicyclic) bond motifs is 3. The van der Waals surface area contributed by atoms with Gasteiger partial charge in [0.05, 0.1) is 6.42 Å². The van der Waals surface area contributed by atoms with Crippen LogP contribution in [0.25, 0.3) is 11.1 Å². The molecular formula is C33H36N2O4Si. The van der Waals surface area contributed by atoms with Crippen LogP contribution in [0.4, 0.5) is 10.5 Å². The predicted molar refractivity (Wildman–Crippen MR) is 162 cm³/mol. The maximum absolute atomic E-state index is 13.1. The maximum Gasteiger partial charge on any atom is 0.409 e. The van der Waals surface area contributed by atoms with Crippen molar-refractivity contribution in [3.63, 3.8) is 0 Å². The zero-order valence-corrected chi connectivity index (χ0v) is 24.7. The van der Waals surface area contributed by atoms with Gasteiger partial charge >= 0.3 is 12.1 Å². The highest BCUT2D eigenvalue weighted by Gasteiger charge is 2.30. The lowest BCUT2D eigenvalue weighted by molar-refractivity contribution is -0.136. The van der Waals surface area contributed by atoms with Crippen LogP contribution in [0.2, 0.25) is 19.6 Å². The lowest BCUT2D eigenvalue weighted by Gasteiger charge is -2.36. The molecule has 0 radical (unpaired) electrons. The second-order valence-electron chi connectivity index (χ2n) is 11.6. The molecule has 1 fully saturated rings. The minimum Gasteiger partial charge on any atom is -0.481 e. The zero-order valence-electron chi connectivity index (χ0n) is 23.7. The molecule has 1 N–H and O–H groups in total. The molecule has 5 rings (SSSR count). The summed E-state index contributed by atoms with van der Waals surface area (Å²) in [5.74, 6) is 2.51. The minimum atomic E-state index is -1.60. The summed E-state index contributed by atoms with van der Waals surface area (Å²) >= 11 is 0. The van der Waals surface area contributed by atoms with Crippen LogP contribution < -0.4 is 4.90 Å². The standard InChI is InChI=1S/C33H36N2O4Si/c1-23-25(13-18-40(2,3)4)19-24(21-32(36)37)20-31(23)34-14-16-35(17-15-34)33(38)39-22-30-28-11-7-5-9-26(28)27-10-6-8-12-29(27)30/h5-12,19-20,30H,14-17,21-22H2,1-4H3,(H,36,37). The molecule has 0 spiro atoms. The van der Waals surface area contributed by atoms with Crippen molar-refractivity contribution in [3.8, 4) is 22.6 Å². The molecule has 0 bridgehead atoms. The fourth-order valence-electron chi connectivity index (χ4n) is 5.56. The Kier molecular flexibility index (Phi) is 7.73. The SMILES string of the molecule is Cc1c(C#C[Si](C)(C)C)cc(CC(=O)O)cc1N1CCN(C(=O)OCC2c3ccccc3-c3ccccc32)CC1. The first-order chi connectivity index (χ1) is 19.1. The summed E-state index contributed by atoms with van der Waals surface area (Å²) in [6.07, 6.45) is -0.339. The number of carboxylic acids is 1. The summed E-state index contributed by atoms with van der Waals surface area (Å²) in [6, 6.07) is 20.5. The molecule has 0 unspecified atom stereocenters. The first kappa shape index (κ1) is 27.5. The van der Waals surface area contributed by atoms with Gasteiger partial charge in [-0.2, -0.15) is 0 Å². The second kappa shape index (κ2) is 11.2. The first-order valence-corrected chi connectivity index (χ1v) is 17.3. The number of rotatable bonds is 5. The van der Waals surface area contributed by atoms with Crippen LogP contribution in [0, 0.1) is 18.4 Å². The van der Waals surface area contributed by atoms with E-state index in [4.69, 9.17) is 4.74 Å². The van der Waals surface area contributed by atoms with E-state index in [2.05, 4.69) is 60.3 Å². The van der Waals surface area contributed by atoms with Crippen molar-refractivity contribution in [1.29, 1.82) is 0 Å². The monoisotopic (exact) mass is 552 g/mol. The Morgan fingerprint density at radius 1 is 0.950 bits per heavy atom. The number of hydrogen-bond acceptors (Lipinski definition) is 4. The van der Waals surface area contributed by atoms with Crippen molar-refractivity contribution < 1.29 is 19.4 Å². The van der Waals surface area contributed by atoms with Crippen LogP contribution in [0.3, 0.4) is 0 Å². The van der Waals surface area contributed by atoms with E-state index < -0.39 is 14.0 Å². The van der Waals surface area contributed by atoms with Crippen LogP contribution in [0.15, 0.2) is 60.7 Å². The Labute approximate surface area is 237 Å².